The topological polar surface area (TPSA) is 180 Å². The quantitative estimate of drug-likeness (QED) is 0.144. The summed E-state index contributed by atoms with van der Waals surface area (Å²) in [4.78, 5) is 22.5. The Labute approximate surface area is 198 Å². The number of guanidine groups is 1. The fourth-order valence-corrected chi connectivity index (χ4v) is 3.19. The summed E-state index contributed by atoms with van der Waals surface area (Å²) in [6, 6.07) is 21.6. The fourth-order valence-electron chi connectivity index (χ4n) is 3.19. The van der Waals surface area contributed by atoms with E-state index in [9.17, 15) is 9.59 Å². The van der Waals surface area contributed by atoms with Crippen LogP contribution in [0.5, 0.6) is 0 Å². The summed E-state index contributed by atoms with van der Waals surface area (Å²) < 4.78 is 0. The zero-order valence-corrected chi connectivity index (χ0v) is 18.9. The van der Waals surface area contributed by atoms with Gasteiger partial charge in [0.2, 0.25) is 5.91 Å². The van der Waals surface area contributed by atoms with Crippen molar-refractivity contribution in [3.63, 3.8) is 0 Å². The molecule has 0 saturated heterocycles. The summed E-state index contributed by atoms with van der Waals surface area (Å²) in [5.41, 5.74) is 18.2. The molecule has 0 fully saturated rings. The predicted molar refractivity (Wildman–Crippen MR) is 135 cm³/mol. The molecule has 0 aliphatic heterocycles. The van der Waals surface area contributed by atoms with Gasteiger partial charge >= 0.3 is 5.97 Å². The molecule has 0 aromatic heterocycles. The third kappa shape index (κ3) is 8.89. The van der Waals surface area contributed by atoms with Gasteiger partial charge in [-0.2, -0.15) is 0 Å². The molecule has 3 aromatic rings. The molecule has 34 heavy (non-hydrogen) atoms. The Balaban J connectivity index is 0.000000287. The van der Waals surface area contributed by atoms with Gasteiger partial charge in [-0.15, -0.1) is 0 Å². The maximum atomic E-state index is 12.2. The maximum Gasteiger partial charge on any atom is 0.320 e. The Morgan fingerprint density at radius 1 is 0.912 bits per heavy atom. The van der Waals surface area contributed by atoms with Crippen molar-refractivity contribution in [2.45, 2.75) is 31.3 Å². The van der Waals surface area contributed by atoms with Crippen LogP contribution >= 0.6 is 0 Å². The molecule has 2 atom stereocenters. The van der Waals surface area contributed by atoms with Crippen molar-refractivity contribution in [1.82, 2.24) is 5.32 Å². The zero-order chi connectivity index (χ0) is 24.9. The molecule has 9 heteroatoms. The zero-order valence-electron chi connectivity index (χ0n) is 18.9. The van der Waals surface area contributed by atoms with Crippen LogP contribution in [-0.2, 0) is 16.0 Å². The van der Waals surface area contributed by atoms with Gasteiger partial charge in [-0.05, 0) is 36.3 Å². The second kappa shape index (κ2) is 13.6. The van der Waals surface area contributed by atoms with E-state index in [1.807, 2.05) is 72.8 Å². The number of aliphatic carboxylic acids is 1. The largest absolute Gasteiger partial charge is 0.480 e. The molecule has 9 nitrogen and oxygen atoms in total. The maximum absolute atomic E-state index is 12.2. The highest BCUT2D eigenvalue weighted by atomic mass is 16.4. The first-order valence-corrected chi connectivity index (χ1v) is 10.9. The van der Waals surface area contributed by atoms with Crippen LogP contribution in [-0.4, -0.2) is 41.6 Å². The Morgan fingerprint density at radius 2 is 1.56 bits per heavy atom. The monoisotopic (exact) mass is 464 g/mol. The fraction of sp³-hybridized carbons (Fsp3) is 0.240. The summed E-state index contributed by atoms with van der Waals surface area (Å²) in [6.45, 7) is 0.532. The molecular formula is C25H32N6O3. The minimum absolute atomic E-state index is 0.0752. The highest BCUT2D eigenvalue weighted by Crippen LogP contribution is 2.23. The average molecular weight is 465 g/mol. The first kappa shape index (κ1) is 26.3. The lowest BCUT2D eigenvalue weighted by Crippen LogP contribution is -2.37. The van der Waals surface area contributed by atoms with Crippen LogP contribution in [0, 0.1) is 5.41 Å². The van der Waals surface area contributed by atoms with Crippen LogP contribution in [0.15, 0.2) is 72.8 Å². The van der Waals surface area contributed by atoms with Crippen molar-refractivity contribution < 1.29 is 14.7 Å². The SMILES string of the molecule is N=C(N)NCCCC(N)C(=O)Nc1cccc2ccccc12.NC(Cc1ccccc1)C(=O)O. The number of carboxylic acids is 1. The number of hydrogen-bond donors (Lipinski definition) is 7. The van der Waals surface area contributed by atoms with Gasteiger partial charge in [0.25, 0.3) is 0 Å². The van der Waals surface area contributed by atoms with E-state index in [0.29, 0.717) is 25.8 Å². The smallest absolute Gasteiger partial charge is 0.320 e. The standard InChI is InChI=1S/C16H21N5O.C9H11NO2/c17-13(8-4-10-20-16(18)19)15(22)21-14-9-3-6-11-5-1-2-7-12(11)14;10-8(9(11)12)6-7-4-2-1-3-5-7/h1-3,5-7,9,13H,4,8,10,17H2,(H,21,22)(H4,18,19,20);1-5,8H,6,10H2,(H,11,12). The Morgan fingerprint density at radius 3 is 2.24 bits per heavy atom. The van der Waals surface area contributed by atoms with E-state index in [4.69, 9.17) is 27.7 Å². The van der Waals surface area contributed by atoms with E-state index in [1.165, 1.54) is 0 Å². The van der Waals surface area contributed by atoms with Gasteiger partial charge < -0.3 is 32.9 Å². The van der Waals surface area contributed by atoms with Crippen LogP contribution in [0.1, 0.15) is 18.4 Å². The van der Waals surface area contributed by atoms with Crippen molar-refractivity contribution in [1.29, 1.82) is 5.41 Å². The lowest BCUT2D eigenvalue weighted by atomic mass is 10.1. The van der Waals surface area contributed by atoms with Gasteiger partial charge in [-0.25, -0.2) is 0 Å². The number of nitrogens with one attached hydrogen (secondary N) is 3. The number of carboxylic acid groups (broad SMARTS) is 1. The second-order valence-electron chi connectivity index (χ2n) is 7.74. The van der Waals surface area contributed by atoms with E-state index in [1.54, 1.807) is 0 Å². The van der Waals surface area contributed by atoms with Crippen molar-refractivity contribution in [3.8, 4) is 0 Å². The molecule has 0 aliphatic rings. The number of amides is 1. The Bertz CT molecular complexity index is 1080. The van der Waals surface area contributed by atoms with Gasteiger partial charge in [0.05, 0.1) is 6.04 Å². The first-order valence-electron chi connectivity index (χ1n) is 10.9. The Kier molecular flexibility index (Phi) is 10.5. The van der Waals surface area contributed by atoms with Crippen LogP contribution in [0.2, 0.25) is 0 Å². The van der Waals surface area contributed by atoms with Crippen molar-refractivity contribution in [2.75, 3.05) is 11.9 Å². The summed E-state index contributed by atoms with van der Waals surface area (Å²) in [7, 11) is 0. The van der Waals surface area contributed by atoms with Crippen LogP contribution in [0.3, 0.4) is 0 Å². The minimum atomic E-state index is -0.959. The van der Waals surface area contributed by atoms with E-state index in [2.05, 4.69) is 10.6 Å². The molecule has 0 spiro atoms. The molecule has 10 N–H and O–H groups in total. The highest BCUT2D eigenvalue weighted by Gasteiger charge is 2.14. The van der Waals surface area contributed by atoms with Crippen LogP contribution < -0.4 is 27.8 Å². The van der Waals surface area contributed by atoms with Gasteiger partial charge in [0, 0.05) is 17.6 Å². The van der Waals surface area contributed by atoms with E-state index in [0.717, 1.165) is 22.0 Å². The van der Waals surface area contributed by atoms with Gasteiger partial charge in [0.15, 0.2) is 5.96 Å². The number of carbonyl (C=O) groups excluding carboxylic acids is 1. The number of nitrogens with two attached hydrogens (primary N) is 3. The van der Waals surface area contributed by atoms with Crippen molar-refractivity contribution >= 4 is 34.3 Å². The summed E-state index contributed by atoms with van der Waals surface area (Å²) >= 11 is 0. The van der Waals surface area contributed by atoms with Gasteiger partial charge in [-0.1, -0.05) is 66.7 Å². The number of rotatable bonds is 9. The number of carbonyl (C=O) groups is 2. The van der Waals surface area contributed by atoms with Crippen molar-refractivity contribution in [3.05, 3.63) is 78.4 Å². The normalized spacial score (nSPS) is 12.1. The number of anilines is 1. The molecule has 0 bridgehead atoms. The molecule has 2 unspecified atom stereocenters. The lowest BCUT2D eigenvalue weighted by Gasteiger charge is -2.14. The number of fused-ring (bicyclic) bond motifs is 1. The molecule has 0 saturated carbocycles. The minimum Gasteiger partial charge on any atom is -0.480 e. The van der Waals surface area contributed by atoms with Crippen LogP contribution in [0.4, 0.5) is 5.69 Å². The van der Waals surface area contributed by atoms with Crippen LogP contribution in [0.25, 0.3) is 10.8 Å². The number of benzene rings is 3. The van der Waals surface area contributed by atoms with E-state index >= 15 is 0 Å². The average Bonchev–Trinajstić information content (AvgIpc) is 2.82. The van der Waals surface area contributed by atoms with Crippen molar-refractivity contribution in [2.24, 2.45) is 17.2 Å². The first-order chi connectivity index (χ1) is 16.3. The highest BCUT2D eigenvalue weighted by molar-refractivity contribution is 6.03. The van der Waals surface area contributed by atoms with Gasteiger partial charge in [-0.3, -0.25) is 15.0 Å². The molecule has 0 radical (unpaired) electrons. The molecule has 3 rings (SSSR count). The predicted octanol–water partition coefficient (Wildman–Crippen LogP) is 2.01. The molecule has 0 aliphatic carbocycles. The lowest BCUT2D eigenvalue weighted by molar-refractivity contribution is -0.138. The number of hydrogen-bond acceptors (Lipinski definition) is 5. The summed E-state index contributed by atoms with van der Waals surface area (Å²) in [5.74, 6) is -1.24. The van der Waals surface area contributed by atoms with E-state index < -0.39 is 18.1 Å². The third-order valence-electron chi connectivity index (χ3n) is 5.01. The van der Waals surface area contributed by atoms with E-state index in [-0.39, 0.29) is 11.9 Å². The third-order valence-corrected chi connectivity index (χ3v) is 5.01. The molecular weight excluding hydrogens is 432 g/mol. The summed E-state index contributed by atoms with van der Waals surface area (Å²) in [5, 5.41) is 23.2. The second-order valence-corrected chi connectivity index (χ2v) is 7.74. The summed E-state index contributed by atoms with van der Waals surface area (Å²) in [6.07, 6.45) is 1.58. The van der Waals surface area contributed by atoms with Gasteiger partial charge in [0.1, 0.15) is 6.04 Å². The molecule has 3 aromatic carbocycles. The Hall–Kier alpha value is -3.95. The molecule has 180 valence electrons. The molecule has 1 amide bonds. The molecule has 0 heterocycles.